The highest BCUT2D eigenvalue weighted by Crippen LogP contribution is 2.28. The third-order valence-corrected chi connectivity index (χ3v) is 3.97. The maximum absolute atomic E-state index is 12.3. The van der Waals surface area contributed by atoms with Crippen molar-refractivity contribution >= 4 is 21.8 Å². The molecule has 0 bridgehead atoms. The lowest BCUT2D eigenvalue weighted by Gasteiger charge is -2.06. The van der Waals surface area contributed by atoms with E-state index >= 15 is 0 Å². The van der Waals surface area contributed by atoms with Crippen molar-refractivity contribution in [3.63, 3.8) is 0 Å². The van der Waals surface area contributed by atoms with E-state index in [-0.39, 0.29) is 5.91 Å². The van der Waals surface area contributed by atoms with Crippen molar-refractivity contribution in [2.75, 3.05) is 6.54 Å². The summed E-state index contributed by atoms with van der Waals surface area (Å²) in [4.78, 5) is 16.6. The smallest absolute Gasteiger partial charge is 0.252 e. The van der Waals surface area contributed by atoms with Gasteiger partial charge in [-0.05, 0) is 24.3 Å². The molecule has 0 unspecified atom stereocenters. The number of amides is 1. The van der Waals surface area contributed by atoms with Crippen LogP contribution in [0.25, 0.3) is 22.8 Å². The molecule has 0 saturated heterocycles. The Bertz CT molecular complexity index is 869. The lowest BCUT2D eigenvalue weighted by Crippen LogP contribution is -2.23. The zero-order chi connectivity index (χ0) is 16.9. The fourth-order valence-electron chi connectivity index (χ4n) is 2.27. The van der Waals surface area contributed by atoms with E-state index in [9.17, 15) is 4.79 Å². The van der Waals surface area contributed by atoms with Crippen molar-refractivity contribution in [3.05, 3.63) is 77.4 Å². The molecule has 1 aromatic heterocycles. The first-order chi connectivity index (χ1) is 11.7. The molecule has 0 aliphatic carbocycles. The van der Waals surface area contributed by atoms with E-state index in [0.717, 1.165) is 10.0 Å². The van der Waals surface area contributed by atoms with Gasteiger partial charge in [0.2, 0.25) is 5.89 Å². The third kappa shape index (κ3) is 3.46. The van der Waals surface area contributed by atoms with Crippen LogP contribution < -0.4 is 5.32 Å². The number of halogens is 1. The van der Waals surface area contributed by atoms with Crippen LogP contribution in [0.15, 0.2) is 76.3 Å². The Balaban J connectivity index is 1.94. The zero-order valence-corrected chi connectivity index (χ0v) is 14.4. The highest BCUT2D eigenvalue weighted by atomic mass is 79.9. The van der Waals surface area contributed by atoms with Gasteiger partial charge in [0.05, 0.1) is 11.8 Å². The molecular formula is C19H15BrN2O2. The first kappa shape index (κ1) is 16.2. The van der Waals surface area contributed by atoms with E-state index in [1.807, 2.05) is 42.5 Å². The number of hydrogen-bond donors (Lipinski definition) is 1. The van der Waals surface area contributed by atoms with Crippen LogP contribution >= 0.6 is 15.9 Å². The number of carbonyl (C=O) groups excluding carboxylic acids is 1. The summed E-state index contributed by atoms with van der Waals surface area (Å²) in [6, 6.07) is 15.0. The highest BCUT2D eigenvalue weighted by Gasteiger charge is 2.16. The van der Waals surface area contributed by atoms with Crippen LogP contribution in [-0.2, 0) is 0 Å². The molecule has 5 heteroatoms. The molecule has 3 rings (SSSR count). The van der Waals surface area contributed by atoms with Gasteiger partial charge in [-0.2, -0.15) is 0 Å². The Morgan fingerprint density at radius 2 is 1.96 bits per heavy atom. The number of oxazole rings is 1. The van der Waals surface area contributed by atoms with E-state index in [4.69, 9.17) is 4.42 Å². The Hall–Kier alpha value is -2.66. The highest BCUT2D eigenvalue weighted by molar-refractivity contribution is 9.10. The molecule has 3 aromatic rings. The molecule has 24 heavy (non-hydrogen) atoms. The zero-order valence-electron chi connectivity index (χ0n) is 12.8. The van der Waals surface area contributed by atoms with E-state index < -0.39 is 0 Å². The maximum Gasteiger partial charge on any atom is 0.252 e. The van der Waals surface area contributed by atoms with Crippen LogP contribution in [0.2, 0.25) is 0 Å². The van der Waals surface area contributed by atoms with Crippen LogP contribution in [0.1, 0.15) is 10.4 Å². The molecule has 120 valence electrons. The maximum atomic E-state index is 12.3. The van der Waals surface area contributed by atoms with Gasteiger partial charge in [0.25, 0.3) is 5.91 Å². The summed E-state index contributed by atoms with van der Waals surface area (Å²) in [5.41, 5.74) is 2.09. The second kappa shape index (κ2) is 7.27. The van der Waals surface area contributed by atoms with Gasteiger partial charge in [-0.15, -0.1) is 6.58 Å². The monoisotopic (exact) mass is 382 g/mol. The molecule has 4 nitrogen and oxygen atoms in total. The number of nitrogens with zero attached hydrogens (tertiary/aromatic N) is 1. The van der Waals surface area contributed by atoms with Gasteiger partial charge in [-0.1, -0.05) is 46.3 Å². The molecule has 1 heterocycles. The molecule has 1 amide bonds. The summed E-state index contributed by atoms with van der Waals surface area (Å²) in [5, 5.41) is 2.77. The van der Waals surface area contributed by atoms with Crippen LogP contribution in [0.4, 0.5) is 0 Å². The van der Waals surface area contributed by atoms with E-state index in [1.54, 1.807) is 18.3 Å². The van der Waals surface area contributed by atoms with Gasteiger partial charge in [0, 0.05) is 22.1 Å². The van der Waals surface area contributed by atoms with Crippen molar-refractivity contribution in [3.8, 4) is 22.8 Å². The Morgan fingerprint density at radius 1 is 1.21 bits per heavy atom. The largest absolute Gasteiger partial charge is 0.436 e. The molecular weight excluding hydrogens is 368 g/mol. The van der Waals surface area contributed by atoms with E-state index in [1.165, 1.54) is 0 Å². The van der Waals surface area contributed by atoms with Crippen LogP contribution in [0.3, 0.4) is 0 Å². The van der Waals surface area contributed by atoms with Crippen LogP contribution in [-0.4, -0.2) is 17.4 Å². The van der Waals surface area contributed by atoms with Gasteiger partial charge >= 0.3 is 0 Å². The standard InChI is InChI=1S/C19H15BrN2O2/c1-2-11-21-18(23)15-5-3-4-6-16(15)19-22-12-17(24-19)13-7-9-14(20)10-8-13/h2-10,12H,1,11H2,(H,21,23). The number of hydrogen-bond acceptors (Lipinski definition) is 3. The van der Waals surface area contributed by atoms with Crippen LogP contribution in [0.5, 0.6) is 0 Å². The number of nitrogens with one attached hydrogen (secondary N) is 1. The summed E-state index contributed by atoms with van der Waals surface area (Å²) in [7, 11) is 0. The Morgan fingerprint density at radius 3 is 2.71 bits per heavy atom. The first-order valence-electron chi connectivity index (χ1n) is 7.39. The second-order valence-electron chi connectivity index (χ2n) is 5.08. The Kier molecular flexibility index (Phi) is 4.91. The van der Waals surface area contributed by atoms with Crippen molar-refractivity contribution in [2.45, 2.75) is 0 Å². The fraction of sp³-hybridized carbons (Fsp3) is 0.0526. The Labute approximate surface area is 148 Å². The minimum absolute atomic E-state index is 0.186. The SMILES string of the molecule is C=CCNC(=O)c1ccccc1-c1ncc(-c2ccc(Br)cc2)o1. The van der Waals surface area contributed by atoms with Crippen molar-refractivity contribution < 1.29 is 9.21 Å². The third-order valence-electron chi connectivity index (χ3n) is 3.44. The summed E-state index contributed by atoms with van der Waals surface area (Å²) < 4.78 is 6.86. The minimum atomic E-state index is -0.186. The number of benzene rings is 2. The summed E-state index contributed by atoms with van der Waals surface area (Å²) in [5.74, 6) is 0.880. The number of aromatic nitrogens is 1. The van der Waals surface area contributed by atoms with Gasteiger partial charge in [-0.25, -0.2) is 4.98 Å². The predicted octanol–water partition coefficient (Wildman–Crippen LogP) is 4.69. The number of rotatable bonds is 5. The van der Waals surface area contributed by atoms with Gasteiger partial charge in [-0.3, -0.25) is 4.79 Å². The normalized spacial score (nSPS) is 10.4. The molecule has 0 atom stereocenters. The summed E-state index contributed by atoms with van der Waals surface area (Å²) in [6.07, 6.45) is 3.30. The first-order valence-corrected chi connectivity index (χ1v) is 8.18. The molecule has 0 fully saturated rings. The molecule has 0 saturated carbocycles. The quantitative estimate of drug-likeness (QED) is 0.651. The lowest BCUT2D eigenvalue weighted by molar-refractivity contribution is 0.0958. The number of carbonyl (C=O) groups is 1. The second-order valence-corrected chi connectivity index (χ2v) is 6.00. The summed E-state index contributed by atoms with van der Waals surface area (Å²) >= 11 is 3.41. The average molecular weight is 383 g/mol. The van der Waals surface area contributed by atoms with E-state index in [0.29, 0.717) is 29.3 Å². The summed E-state index contributed by atoms with van der Waals surface area (Å²) in [6.45, 7) is 4.01. The van der Waals surface area contributed by atoms with Gasteiger partial charge in [0.1, 0.15) is 0 Å². The minimum Gasteiger partial charge on any atom is -0.436 e. The van der Waals surface area contributed by atoms with Crippen molar-refractivity contribution in [2.24, 2.45) is 0 Å². The molecule has 2 aromatic carbocycles. The topological polar surface area (TPSA) is 55.1 Å². The molecule has 0 spiro atoms. The van der Waals surface area contributed by atoms with Crippen LogP contribution in [0, 0.1) is 0 Å². The molecule has 0 aliphatic heterocycles. The van der Waals surface area contributed by atoms with E-state index in [2.05, 4.69) is 32.8 Å². The lowest BCUT2D eigenvalue weighted by atomic mass is 10.1. The predicted molar refractivity (Wildman–Crippen MR) is 97.6 cm³/mol. The average Bonchev–Trinajstić information content (AvgIpc) is 3.10. The van der Waals surface area contributed by atoms with Crippen molar-refractivity contribution in [1.82, 2.24) is 10.3 Å². The van der Waals surface area contributed by atoms with Gasteiger partial charge in [0.15, 0.2) is 5.76 Å². The molecule has 0 aliphatic rings. The molecule has 1 N–H and O–H groups in total. The fourth-order valence-corrected chi connectivity index (χ4v) is 2.54. The molecule has 0 radical (unpaired) electrons. The van der Waals surface area contributed by atoms with Crippen molar-refractivity contribution in [1.29, 1.82) is 0 Å². The van der Waals surface area contributed by atoms with Gasteiger partial charge < -0.3 is 9.73 Å².